The maximum Gasteiger partial charge on any atom is 0.279 e. The number of nitrogens with zero attached hydrogens (tertiary/aromatic N) is 2. The van der Waals surface area contributed by atoms with Gasteiger partial charge in [0.2, 0.25) is 0 Å². The minimum atomic E-state index is -0.238. The van der Waals surface area contributed by atoms with Crippen LogP contribution in [0.25, 0.3) is 10.2 Å². The number of fused-ring (bicyclic) bond motifs is 1. The van der Waals surface area contributed by atoms with Crippen LogP contribution in [0.2, 0.25) is 0 Å². The monoisotopic (exact) mass is 480 g/mol. The van der Waals surface area contributed by atoms with E-state index in [1.807, 2.05) is 65.2 Å². The summed E-state index contributed by atoms with van der Waals surface area (Å²) >= 11 is 5.02. The lowest BCUT2D eigenvalue weighted by Crippen LogP contribution is -2.19. The van der Waals surface area contributed by atoms with Crippen LogP contribution in [0.3, 0.4) is 0 Å². The van der Waals surface area contributed by atoms with Crippen molar-refractivity contribution >= 4 is 43.4 Å². The second-order valence-electron chi connectivity index (χ2n) is 6.92. The van der Waals surface area contributed by atoms with Gasteiger partial charge in [-0.3, -0.25) is 4.79 Å². The van der Waals surface area contributed by atoms with E-state index in [0.717, 1.165) is 21.1 Å². The first-order valence-electron chi connectivity index (χ1n) is 9.64. The molecule has 1 aromatic heterocycles. The van der Waals surface area contributed by atoms with E-state index in [9.17, 15) is 4.79 Å². The lowest BCUT2D eigenvalue weighted by Gasteiger charge is -2.05. The van der Waals surface area contributed by atoms with Crippen molar-refractivity contribution in [2.75, 3.05) is 13.7 Å². The summed E-state index contributed by atoms with van der Waals surface area (Å²) in [5.74, 6) is -0.238. The Balaban J connectivity index is 1.62. The van der Waals surface area contributed by atoms with Crippen molar-refractivity contribution in [3.8, 4) is 0 Å². The smallest absolute Gasteiger partial charge is 0.279 e. The Labute approximate surface area is 187 Å². The van der Waals surface area contributed by atoms with E-state index in [2.05, 4.69) is 33.1 Å². The van der Waals surface area contributed by atoms with E-state index >= 15 is 0 Å². The standard InChI is InChI=1S/C24H21BrN2O2S/c1-29-14-13-27-21-12-11-20(25)16-22(21)30-24(27)26-23(28)19-9-7-18(8-10-19)15-17-5-3-2-4-6-17/h2-12,16H,13-15H2,1H3. The van der Waals surface area contributed by atoms with E-state index in [1.54, 1.807) is 7.11 Å². The number of benzene rings is 3. The predicted octanol–water partition coefficient (Wildman–Crippen LogP) is 5.44. The summed E-state index contributed by atoms with van der Waals surface area (Å²) in [5.41, 5.74) is 4.05. The third-order valence-electron chi connectivity index (χ3n) is 4.81. The number of aromatic nitrogens is 1. The lowest BCUT2D eigenvalue weighted by atomic mass is 10.0. The van der Waals surface area contributed by atoms with Crippen molar-refractivity contribution in [3.05, 3.63) is 98.8 Å². The fourth-order valence-electron chi connectivity index (χ4n) is 3.28. The molecule has 0 radical (unpaired) electrons. The third kappa shape index (κ3) is 4.78. The molecule has 0 atom stereocenters. The second-order valence-corrected chi connectivity index (χ2v) is 8.84. The normalized spacial score (nSPS) is 11.9. The van der Waals surface area contributed by atoms with Crippen LogP contribution < -0.4 is 4.80 Å². The quantitative estimate of drug-likeness (QED) is 0.368. The molecule has 1 amide bonds. The van der Waals surface area contributed by atoms with Gasteiger partial charge in [0.15, 0.2) is 4.80 Å². The minimum Gasteiger partial charge on any atom is -0.383 e. The number of carbonyl (C=O) groups excluding carboxylic acids is 1. The molecule has 3 aromatic carbocycles. The Hall–Kier alpha value is -2.54. The average Bonchev–Trinajstić information content (AvgIpc) is 3.09. The highest BCUT2D eigenvalue weighted by Crippen LogP contribution is 2.22. The molecule has 30 heavy (non-hydrogen) atoms. The highest BCUT2D eigenvalue weighted by molar-refractivity contribution is 9.10. The van der Waals surface area contributed by atoms with Gasteiger partial charge in [0.1, 0.15) is 0 Å². The Bertz CT molecular complexity index is 1230. The summed E-state index contributed by atoms with van der Waals surface area (Å²) in [6.45, 7) is 1.19. The maximum absolute atomic E-state index is 12.8. The number of carbonyl (C=O) groups is 1. The number of halogens is 1. The van der Waals surface area contributed by atoms with Gasteiger partial charge < -0.3 is 9.30 Å². The largest absolute Gasteiger partial charge is 0.383 e. The topological polar surface area (TPSA) is 43.6 Å². The van der Waals surface area contributed by atoms with Crippen LogP contribution in [-0.4, -0.2) is 24.2 Å². The Kier molecular flexibility index (Phi) is 6.57. The van der Waals surface area contributed by atoms with Crippen LogP contribution in [0.4, 0.5) is 0 Å². The van der Waals surface area contributed by atoms with E-state index in [4.69, 9.17) is 4.74 Å². The molecule has 0 fully saturated rings. The second kappa shape index (κ2) is 9.51. The number of hydrogen-bond donors (Lipinski definition) is 0. The van der Waals surface area contributed by atoms with E-state index in [0.29, 0.717) is 23.5 Å². The summed E-state index contributed by atoms with van der Waals surface area (Å²) < 4.78 is 9.36. The zero-order chi connectivity index (χ0) is 20.9. The summed E-state index contributed by atoms with van der Waals surface area (Å²) in [6.07, 6.45) is 0.842. The van der Waals surface area contributed by atoms with Gasteiger partial charge in [-0.15, -0.1) is 0 Å². The van der Waals surface area contributed by atoms with Crippen LogP contribution in [0.15, 0.2) is 82.3 Å². The molecule has 4 nitrogen and oxygen atoms in total. The number of methoxy groups -OCH3 is 1. The number of amides is 1. The molecular weight excluding hydrogens is 460 g/mol. The molecule has 0 saturated heterocycles. The van der Waals surface area contributed by atoms with Crippen molar-refractivity contribution in [3.63, 3.8) is 0 Å². The molecule has 4 aromatic rings. The molecule has 0 aliphatic carbocycles. The zero-order valence-corrected chi connectivity index (χ0v) is 18.9. The van der Waals surface area contributed by atoms with Gasteiger partial charge in [-0.2, -0.15) is 4.99 Å². The van der Waals surface area contributed by atoms with Crippen molar-refractivity contribution in [2.45, 2.75) is 13.0 Å². The first-order valence-corrected chi connectivity index (χ1v) is 11.2. The van der Waals surface area contributed by atoms with Gasteiger partial charge in [0.05, 0.1) is 16.8 Å². The number of rotatable bonds is 6. The molecular formula is C24H21BrN2O2S. The van der Waals surface area contributed by atoms with Crippen LogP contribution >= 0.6 is 27.3 Å². The summed E-state index contributed by atoms with van der Waals surface area (Å²) in [6, 6.07) is 24.1. The van der Waals surface area contributed by atoms with Crippen LogP contribution in [0.1, 0.15) is 21.5 Å². The zero-order valence-electron chi connectivity index (χ0n) is 16.5. The predicted molar refractivity (Wildman–Crippen MR) is 125 cm³/mol. The Morgan fingerprint density at radius 1 is 1.03 bits per heavy atom. The molecule has 4 rings (SSSR count). The molecule has 152 valence electrons. The van der Waals surface area contributed by atoms with Gasteiger partial charge >= 0.3 is 0 Å². The first-order chi connectivity index (χ1) is 14.6. The molecule has 0 aliphatic rings. The molecule has 0 bridgehead atoms. The lowest BCUT2D eigenvalue weighted by molar-refractivity contribution is 0.0997. The van der Waals surface area contributed by atoms with E-state index < -0.39 is 0 Å². The SMILES string of the molecule is COCCn1c(=NC(=O)c2ccc(Cc3ccccc3)cc2)sc2cc(Br)ccc21. The van der Waals surface area contributed by atoms with Crippen molar-refractivity contribution in [2.24, 2.45) is 4.99 Å². The minimum absolute atomic E-state index is 0.238. The summed E-state index contributed by atoms with van der Waals surface area (Å²) in [5, 5.41) is 0. The molecule has 6 heteroatoms. The Morgan fingerprint density at radius 2 is 1.77 bits per heavy atom. The first kappa shape index (κ1) is 20.7. The fourth-order valence-corrected chi connectivity index (χ4v) is 4.89. The molecule has 0 aliphatic heterocycles. The third-order valence-corrected chi connectivity index (χ3v) is 6.35. The van der Waals surface area contributed by atoms with Gasteiger partial charge in [0.25, 0.3) is 5.91 Å². The fraction of sp³-hybridized carbons (Fsp3) is 0.167. The maximum atomic E-state index is 12.8. The number of ether oxygens (including phenoxy) is 1. The van der Waals surface area contributed by atoms with Crippen molar-refractivity contribution < 1.29 is 9.53 Å². The average molecular weight is 481 g/mol. The van der Waals surface area contributed by atoms with Crippen LogP contribution in [0.5, 0.6) is 0 Å². The number of hydrogen-bond acceptors (Lipinski definition) is 3. The van der Waals surface area contributed by atoms with E-state index in [-0.39, 0.29) is 5.91 Å². The van der Waals surface area contributed by atoms with Gasteiger partial charge in [0, 0.05) is 23.7 Å². The molecule has 0 N–H and O–H groups in total. The molecule has 0 unspecified atom stereocenters. The van der Waals surface area contributed by atoms with Gasteiger partial charge in [-0.1, -0.05) is 69.7 Å². The number of thiazole rings is 1. The van der Waals surface area contributed by atoms with E-state index in [1.165, 1.54) is 22.5 Å². The molecule has 1 heterocycles. The van der Waals surface area contributed by atoms with Crippen LogP contribution in [0, 0.1) is 0 Å². The highest BCUT2D eigenvalue weighted by atomic mass is 79.9. The highest BCUT2D eigenvalue weighted by Gasteiger charge is 2.10. The van der Waals surface area contributed by atoms with Gasteiger partial charge in [-0.05, 0) is 47.9 Å². The van der Waals surface area contributed by atoms with Crippen molar-refractivity contribution in [1.29, 1.82) is 0 Å². The van der Waals surface area contributed by atoms with Crippen molar-refractivity contribution in [1.82, 2.24) is 4.57 Å². The summed E-state index contributed by atoms with van der Waals surface area (Å²) in [4.78, 5) is 18.0. The molecule has 0 spiro atoms. The Morgan fingerprint density at radius 3 is 2.50 bits per heavy atom. The summed E-state index contributed by atoms with van der Waals surface area (Å²) in [7, 11) is 1.67. The van der Waals surface area contributed by atoms with Crippen LogP contribution in [-0.2, 0) is 17.7 Å². The molecule has 0 saturated carbocycles. The van der Waals surface area contributed by atoms with Gasteiger partial charge in [-0.25, -0.2) is 0 Å².